The predicted octanol–water partition coefficient (Wildman–Crippen LogP) is 10.1. The number of hydrogen-bond acceptors (Lipinski definition) is 5. The Hall–Kier alpha value is -0.533. The van der Waals surface area contributed by atoms with E-state index in [4.69, 9.17) is 18.6 Å². The number of Topliss-reactive ketones (excluding diaryl/α,β-unsaturated/α-hetero) is 1. The largest absolute Gasteiger partial charge is 0.413 e. The third kappa shape index (κ3) is 7.87. The van der Waals surface area contributed by atoms with Crippen LogP contribution in [0.5, 0.6) is 0 Å². The van der Waals surface area contributed by atoms with E-state index in [1.54, 1.807) is 7.11 Å². The Labute approximate surface area is 278 Å². The summed E-state index contributed by atoms with van der Waals surface area (Å²) in [7, 11) is -0.192. The second-order valence-electron chi connectivity index (χ2n) is 18.9. The lowest BCUT2D eigenvalue weighted by atomic mass is 9.45. The molecule has 0 bridgehead atoms. The molecule has 0 radical (unpaired) electrons. The van der Waals surface area contributed by atoms with Crippen LogP contribution in [0.3, 0.4) is 0 Å². The molecule has 0 N–H and O–H groups in total. The molecule has 0 aromatic rings. The Kier molecular flexibility index (Phi) is 11.4. The monoisotopic (exact) mass is 646 g/mol. The average Bonchev–Trinajstić information content (AvgIpc) is 2.93. The molecule has 0 spiro atoms. The minimum absolute atomic E-state index is 0.102. The predicted molar refractivity (Wildman–Crippen MR) is 188 cm³/mol. The average molecular weight is 647 g/mol. The number of ketones is 1. The molecule has 0 unspecified atom stereocenters. The third-order valence-electron chi connectivity index (χ3n) is 13.9. The molecular formula is C39H70O5Si. The van der Waals surface area contributed by atoms with E-state index in [0.717, 1.165) is 45.1 Å². The van der Waals surface area contributed by atoms with Gasteiger partial charge in [0.1, 0.15) is 6.79 Å². The van der Waals surface area contributed by atoms with E-state index in [0.29, 0.717) is 49.6 Å². The maximum Gasteiger partial charge on any atom is 0.192 e. The van der Waals surface area contributed by atoms with Crippen molar-refractivity contribution < 1.29 is 23.4 Å². The van der Waals surface area contributed by atoms with Gasteiger partial charge in [-0.15, -0.1) is 0 Å². The first-order valence-corrected chi connectivity index (χ1v) is 21.3. The van der Waals surface area contributed by atoms with Gasteiger partial charge >= 0.3 is 0 Å². The highest BCUT2D eigenvalue weighted by Crippen LogP contribution is 2.64. The van der Waals surface area contributed by atoms with Crippen molar-refractivity contribution in [3.05, 3.63) is 11.1 Å². The van der Waals surface area contributed by atoms with E-state index in [9.17, 15) is 4.79 Å². The fraction of sp³-hybridized carbons (Fsp3) is 0.923. The van der Waals surface area contributed by atoms with Crippen LogP contribution in [0, 0.1) is 39.4 Å². The number of methoxy groups -OCH3 is 1. The molecular weight excluding hydrogens is 577 g/mol. The lowest BCUT2D eigenvalue weighted by molar-refractivity contribution is -0.162. The molecule has 0 aromatic heterocycles. The van der Waals surface area contributed by atoms with Crippen LogP contribution in [0.1, 0.15) is 133 Å². The zero-order valence-corrected chi connectivity index (χ0v) is 32.5. The Bertz CT molecular complexity index is 1070. The lowest BCUT2D eigenvalue weighted by Crippen LogP contribution is -2.59. The molecule has 6 atom stereocenters. The van der Waals surface area contributed by atoms with Crippen LogP contribution >= 0.6 is 0 Å². The minimum atomic E-state index is -1.89. The highest BCUT2D eigenvalue weighted by molar-refractivity contribution is 6.74. The zero-order chi connectivity index (χ0) is 33.5. The van der Waals surface area contributed by atoms with Gasteiger partial charge in [-0.05, 0) is 127 Å². The van der Waals surface area contributed by atoms with Crippen LogP contribution in [-0.4, -0.2) is 53.9 Å². The van der Waals surface area contributed by atoms with Crippen molar-refractivity contribution >= 4 is 14.1 Å². The molecule has 260 valence electrons. The van der Waals surface area contributed by atoms with Gasteiger partial charge in [0.25, 0.3) is 0 Å². The van der Waals surface area contributed by atoms with E-state index in [-0.39, 0.29) is 26.7 Å². The van der Waals surface area contributed by atoms with Crippen LogP contribution in [-0.2, 0) is 23.4 Å². The van der Waals surface area contributed by atoms with Gasteiger partial charge in [-0.3, -0.25) is 4.79 Å². The summed E-state index contributed by atoms with van der Waals surface area (Å²) < 4.78 is 24.3. The van der Waals surface area contributed by atoms with Gasteiger partial charge in [-0.2, -0.15) is 0 Å². The molecule has 0 amide bonds. The van der Waals surface area contributed by atoms with Gasteiger partial charge in [-0.25, -0.2) is 0 Å². The summed E-state index contributed by atoms with van der Waals surface area (Å²) >= 11 is 0. The van der Waals surface area contributed by atoms with Crippen molar-refractivity contribution in [1.29, 1.82) is 0 Å². The van der Waals surface area contributed by atoms with Crippen LogP contribution < -0.4 is 0 Å². The number of ether oxygens (including phenoxy) is 3. The molecule has 4 rings (SSSR count). The number of rotatable bonds is 12. The SMILES string of the molecule is COCCOCOC[C@H]1CC[C@H]2C(C)(C)[C@@H](O[Si](C)(C)C(C)(C)C)CC[C@]2(C)[C@H]1CCC1=C2CC(C)(C)CC[C@]2(C)CCC1=O. The Morgan fingerprint density at radius 3 is 2.27 bits per heavy atom. The Balaban J connectivity index is 1.60. The number of hydrogen-bond donors (Lipinski definition) is 0. The summed E-state index contributed by atoms with van der Waals surface area (Å²) in [6.45, 7) is 29.0. The quantitative estimate of drug-likeness (QED) is 0.120. The third-order valence-corrected chi connectivity index (χ3v) is 18.4. The first-order chi connectivity index (χ1) is 20.8. The maximum absolute atomic E-state index is 13.7. The normalized spacial score (nSPS) is 35.2. The highest BCUT2D eigenvalue weighted by Gasteiger charge is 2.59. The Morgan fingerprint density at radius 1 is 0.889 bits per heavy atom. The molecule has 4 aliphatic rings. The standard InChI is InChI=1S/C39H70O5Si/c1-35(2,3)45(11,12)44-34-18-20-39(9)30(28(13-16-33(39)37(34,6)7)26-43-27-42-24-23-41-10)15-14-29-31-25-36(4,5)21-22-38(31,8)19-17-32(29)40/h28,30,33-34H,13-27H2,1-12H3/t28-,30+,33+,34+,38+,39-/m1/s1. The number of fused-ring (bicyclic) bond motifs is 2. The molecule has 4 aliphatic carbocycles. The first kappa shape index (κ1) is 37.3. The van der Waals surface area contributed by atoms with Crippen molar-refractivity contribution in [2.45, 2.75) is 157 Å². The minimum Gasteiger partial charge on any atom is -0.413 e. The molecule has 5 nitrogen and oxygen atoms in total. The second-order valence-corrected chi connectivity index (χ2v) is 23.7. The lowest BCUT2D eigenvalue weighted by Gasteiger charge is -2.62. The van der Waals surface area contributed by atoms with E-state index in [2.05, 4.69) is 75.4 Å². The molecule has 6 heteroatoms. The summed E-state index contributed by atoms with van der Waals surface area (Å²) in [5, 5.41) is 0.205. The summed E-state index contributed by atoms with van der Waals surface area (Å²) in [5.41, 5.74) is 3.51. The first-order valence-electron chi connectivity index (χ1n) is 18.4. The van der Waals surface area contributed by atoms with Crippen LogP contribution in [0.4, 0.5) is 0 Å². The zero-order valence-electron chi connectivity index (χ0n) is 31.5. The van der Waals surface area contributed by atoms with Crippen LogP contribution in [0.2, 0.25) is 18.1 Å². The van der Waals surface area contributed by atoms with Crippen molar-refractivity contribution in [3.63, 3.8) is 0 Å². The second kappa shape index (κ2) is 13.8. The molecule has 0 aliphatic heterocycles. The highest BCUT2D eigenvalue weighted by atomic mass is 28.4. The molecule has 3 fully saturated rings. The van der Waals surface area contributed by atoms with E-state index in [1.807, 2.05) is 0 Å². The molecule has 0 aromatic carbocycles. The van der Waals surface area contributed by atoms with Gasteiger partial charge in [0.15, 0.2) is 14.1 Å². The number of carbonyl (C=O) groups is 1. The number of carbonyl (C=O) groups excluding carboxylic acids is 1. The fourth-order valence-electron chi connectivity index (χ4n) is 9.89. The fourth-order valence-corrected chi connectivity index (χ4v) is 11.4. The summed E-state index contributed by atoms with van der Waals surface area (Å²) in [6.07, 6.45) is 12.3. The van der Waals surface area contributed by atoms with Gasteiger partial charge in [0, 0.05) is 13.5 Å². The number of allylic oxidation sites excluding steroid dienone is 2. The summed E-state index contributed by atoms with van der Waals surface area (Å²) in [6, 6.07) is 0. The van der Waals surface area contributed by atoms with E-state index in [1.165, 1.54) is 43.3 Å². The Morgan fingerprint density at radius 2 is 1.60 bits per heavy atom. The molecule has 0 saturated heterocycles. The summed E-state index contributed by atoms with van der Waals surface area (Å²) in [5.74, 6) is 2.01. The van der Waals surface area contributed by atoms with Crippen LogP contribution in [0.15, 0.2) is 11.1 Å². The smallest absolute Gasteiger partial charge is 0.192 e. The van der Waals surface area contributed by atoms with Crippen LogP contribution in [0.25, 0.3) is 0 Å². The van der Waals surface area contributed by atoms with Gasteiger partial charge in [0.05, 0.1) is 25.9 Å². The van der Waals surface area contributed by atoms with Crippen molar-refractivity contribution in [3.8, 4) is 0 Å². The molecule has 3 saturated carbocycles. The molecule has 45 heavy (non-hydrogen) atoms. The van der Waals surface area contributed by atoms with Crippen molar-refractivity contribution in [2.75, 3.05) is 33.7 Å². The van der Waals surface area contributed by atoms with Gasteiger partial charge in [0.2, 0.25) is 0 Å². The van der Waals surface area contributed by atoms with Gasteiger partial charge in [-0.1, -0.05) is 67.9 Å². The topological polar surface area (TPSA) is 54.0 Å². The van der Waals surface area contributed by atoms with Gasteiger partial charge < -0.3 is 18.6 Å². The summed E-state index contributed by atoms with van der Waals surface area (Å²) in [4.78, 5) is 13.7. The molecule has 0 heterocycles. The van der Waals surface area contributed by atoms with E-state index < -0.39 is 8.32 Å². The van der Waals surface area contributed by atoms with Crippen molar-refractivity contribution in [1.82, 2.24) is 0 Å². The van der Waals surface area contributed by atoms with Crippen molar-refractivity contribution in [2.24, 2.45) is 39.4 Å². The van der Waals surface area contributed by atoms with E-state index >= 15 is 0 Å². The maximum atomic E-state index is 13.7.